The SMILES string of the molecule is CCCOc1ccc(Br)c(F)n1. The van der Waals surface area contributed by atoms with Gasteiger partial charge in [0.05, 0.1) is 11.1 Å². The number of aromatic nitrogens is 1. The van der Waals surface area contributed by atoms with E-state index in [1.54, 1.807) is 12.1 Å². The molecule has 0 aliphatic rings. The zero-order valence-corrected chi connectivity index (χ0v) is 8.27. The van der Waals surface area contributed by atoms with Crippen LogP contribution in [0.1, 0.15) is 13.3 Å². The van der Waals surface area contributed by atoms with Crippen molar-refractivity contribution in [2.24, 2.45) is 0 Å². The van der Waals surface area contributed by atoms with Crippen molar-refractivity contribution in [1.82, 2.24) is 4.98 Å². The molecule has 1 aromatic heterocycles. The molecule has 12 heavy (non-hydrogen) atoms. The lowest BCUT2D eigenvalue weighted by molar-refractivity contribution is 0.300. The molecule has 1 rings (SSSR count). The third-order valence-corrected chi connectivity index (χ3v) is 1.82. The molecule has 0 aromatic carbocycles. The number of pyridine rings is 1. The number of hydrogen-bond acceptors (Lipinski definition) is 2. The third kappa shape index (κ3) is 2.44. The van der Waals surface area contributed by atoms with E-state index in [1.807, 2.05) is 6.92 Å². The van der Waals surface area contributed by atoms with Crippen LogP contribution in [0.2, 0.25) is 0 Å². The van der Waals surface area contributed by atoms with Crippen LogP contribution >= 0.6 is 15.9 Å². The maximum atomic E-state index is 12.8. The molecule has 0 fully saturated rings. The highest BCUT2D eigenvalue weighted by molar-refractivity contribution is 9.10. The molecule has 1 heterocycles. The van der Waals surface area contributed by atoms with E-state index in [1.165, 1.54) is 0 Å². The Labute approximate surface area is 78.9 Å². The van der Waals surface area contributed by atoms with E-state index in [4.69, 9.17) is 4.74 Å². The van der Waals surface area contributed by atoms with Gasteiger partial charge in [-0.25, -0.2) is 0 Å². The summed E-state index contributed by atoms with van der Waals surface area (Å²) in [5.74, 6) is -0.207. The highest BCUT2D eigenvalue weighted by atomic mass is 79.9. The van der Waals surface area contributed by atoms with Crippen LogP contribution in [0.3, 0.4) is 0 Å². The molecule has 0 aliphatic heterocycles. The van der Waals surface area contributed by atoms with Gasteiger partial charge in [0.2, 0.25) is 11.8 Å². The molecule has 0 atom stereocenters. The standard InChI is InChI=1S/C8H9BrFNO/c1-2-5-12-7-4-3-6(9)8(10)11-7/h3-4H,2,5H2,1H3. The molecule has 2 nitrogen and oxygen atoms in total. The zero-order valence-electron chi connectivity index (χ0n) is 6.68. The van der Waals surface area contributed by atoms with Gasteiger partial charge in [-0.15, -0.1) is 0 Å². The first kappa shape index (κ1) is 9.45. The summed E-state index contributed by atoms with van der Waals surface area (Å²) in [7, 11) is 0. The van der Waals surface area contributed by atoms with Crippen LogP contribution in [0.15, 0.2) is 16.6 Å². The predicted octanol–water partition coefficient (Wildman–Crippen LogP) is 2.77. The summed E-state index contributed by atoms with van der Waals surface area (Å²) in [6, 6.07) is 3.20. The molecule has 0 radical (unpaired) electrons. The summed E-state index contributed by atoms with van der Waals surface area (Å²) in [5, 5.41) is 0. The molecule has 0 N–H and O–H groups in total. The van der Waals surface area contributed by atoms with Crippen molar-refractivity contribution in [3.05, 3.63) is 22.6 Å². The lowest BCUT2D eigenvalue weighted by Crippen LogP contribution is -1.98. The molecule has 4 heteroatoms. The van der Waals surface area contributed by atoms with Gasteiger partial charge in [-0.3, -0.25) is 0 Å². The van der Waals surface area contributed by atoms with Gasteiger partial charge in [-0.1, -0.05) is 6.92 Å². The molecule has 0 saturated carbocycles. The lowest BCUT2D eigenvalue weighted by atomic mass is 10.5. The monoisotopic (exact) mass is 233 g/mol. The van der Waals surface area contributed by atoms with Gasteiger partial charge in [0.1, 0.15) is 0 Å². The van der Waals surface area contributed by atoms with Gasteiger partial charge in [0.25, 0.3) is 0 Å². The second kappa shape index (κ2) is 4.40. The lowest BCUT2D eigenvalue weighted by Gasteiger charge is -2.02. The molecule has 0 bridgehead atoms. The topological polar surface area (TPSA) is 22.1 Å². The normalized spacial score (nSPS) is 9.92. The Morgan fingerprint density at radius 2 is 2.33 bits per heavy atom. The van der Waals surface area contributed by atoms with E-state index in [2.05, 4.69) is 20.9 Å². The first-order chi connectivity index (χ1) is 5.74. The van der Waals surface area contributed by atoms with Crippen molar-refractivity contribution in [3.63, 3.8) is 0 Å². The van der Waals surface area contributed by atoms with Gasteiger partial charge >= 0.3 is 0 Å². The molecule has 0 saturated heterocycles. The Hall–Kier alpha value is -0.640. The van der Waals surface area contributed by atoms with Crippen molar-refractivity contribution >= 4 is 15.9 Å². The molecule has 0 spiro atoms. The average molecular weight is 234 g/mol. The highest BCUT2D eigenvalue weighted by Crippen LogP contribution is 2.16. The maximum absolute atomic E-state index is 12.8. The smallest absolute Gasteiger partial charge is 0.230 e. The van der Waals surface area contributed by atoms with Gasteiger partial charge in [0.15, 0.2) is 0 Å². The Morgan fingerprint density at radius 3 is 2.92 bits per heavy atom. The largest absolute Gasteiger partial charge is 0.478 e. The first-order valence-electron chi connectivity index (χ1n) is 3.69. The average Bonchev–Trinajstić information content (AvgIpc) is 2.07. The second-order valence-corrected chi connectivity index (χ2v) is 3.12. The summed E-state index contributed by atoms with van der Waals surface area (Å²) in [6.07, 6.45) is 0.888. The molecule has 0 unspecified atom stereocenters. The zero-order chi connectivity index (χ0) is 8.97. The van der Waals surface area contributed by atoms with Crippen molar-refractivity contribution in [1.29, 1.82) is 0 Å². The quantitative estimate of drug-likeness (QED) is 0.750. The van der Waals surface area contributed by atoms with Crippen LogP contribution in [0.4, 0.5) is 4.39 Å². The van der Waals surface area contributed by atoms with Crippen LogP contribution in [0.25, 0.3) is 0 Å². The molecular weight excluding hydrogens is 225 g/mol. The fourth-order valence-electron chi connectivity index (χ4n) is 0.688. The van der Waals surface area contributed by atoms with E-state index in [9.17, 15) is 4.39 Å². The van der Waals surface area contributed by atoms with Crippen molar-refractivity contribution < 1.29 is 9.13 Å². The Kier molecular flexibility index (Phi) is 3.47. The van der Waals surface area contributed by atoms with Crippen molar-refractivity contribution in [3.8, 4) is 5.88 Å². The van der Waals surface area contributed by atoms with Crippen LogP contribution in [-0.2, 0) is 0 Å². The Balaban J connectivity index is 2.69. The number of halogens is 2. The highest BCUT2D eigenvalue weighted by Gasteiger charge is 2.01. The minimum absolute atomic E-state index is 0.331. The van der Waals surface area contributed by atoms with Crippen LogP contribution < -0.4 is 4.74 Å². The van der Waals surface area contributed by atoms with Crippen LogP contribution in [-0.4, -0.2) is 11.6 Å². The summed E-state index contributed by atoms with van der Waals surface area (Å²) >= 11 is 3.00. The Morgan fingerprint density at radius 1 is 1.58 bits per heavy atom. The van der Waals surface area contributed by atoms with Gasteiger partial charge < -0.3 is 4.74 Å². The van der Waals surface area contributed by atoms with E-state index >= 15 is 0 Å². The Bertz CT molecular complexity index is 267. The molecule has 66 valence electrons. The van der Waals surface area contributed by atoms with Gasteiger partial charge in [0, 0.05) is 6.07 Å². The van der Waals surface area contributed by atoms with Gasteiger partial charge in [-0.05, 0) is 28.4 Å². The van der Waals surface area contributed by atoms with E-state index in [0.29, 0.717) is 17.0 Å². The fourth-order valence-corrected chi connectivity index (χ4v) is 0.908. The minimum Gasteiger partial charge on any atom is -0.478 e. The number of hydrogen-bond donors (Lipinski definition) is 0. The molecular formula is C8H9BrFNO. The van der Waals surface area contributed by atoms with Crippen molar-refractivity contribution in [2.75, 3.05) is 6.61 Å². The summed E-state index contributed by atoms with van der Waals surface area (Å²) < 4.78 is 18.2. The number of nitrogens with zero attached hydrogens (tertiary/aromatic N) is 1. The number of ether oxygens (including phenoxy) is 1. The van der Waals surface area contributed by atoms with E-state index < -0.39 is 5.95 Å². The van der Waals surface area contributed by atoms with Gasteiger partial charge in [-0.2, -0.15) is 9.37 Å². The predicted molar refractivity (Wildman–Crippen MR) is 47.7 cm³/mol. The summed E-state index contributed by atoms with van der Waals surface area (Å²) in [5.41, 5.74) is 0. The summed E-state index contributed by atoms with van der Waals surface area (Å²) in [6.45, 7) is 2.54. The number of rotatable bonds is 3. The first-order valence-corrected chi connectivity index (χ1v) is 4.48. The molecule has 1 aromatic rings. The summed E-state index contributed by atoms with van der Waals surface area (Å²) in [4.78, 5) is 3.57. The van der Waals surface area contributed by atoms with Crippen LogP contribution in [0.5, 0.6) is 5.88 Å². The minimum atomic E-state index is -0.538. The molecule has 0 aliphatic carbocycles. The fraction of sp³-hybridized carbons (Fsp3) is 0.375. The third-order valence-electron chi connectivity index (χ3n) is 1.23. The maximum Gasteiger partial charge on any atom is 0.230 e. The molecule has 0 amide bonds. The second-order valence-electron chi connectivity index (χ2n) is 2.27. The van der Waals surface area contributed by atoms with E-state index in [-0.39, 0.29) is 0 Å². The van der Waals surface area contributed by atoms with E-state index in [0.717, 1.165) is 6.42 Å². The van der Waals surface area contributed by atoms with Crippen LogP contribution in [0, 0.1) is 5.95 Å². The van der Waals surface area contributed by atoms with Crippen molar-refractivity contribution in [2.45, 2.75) is 13.3 Å².